The van der Waals surface area contributed by atoms with Crippen LogP contribution in [-0.2, 0) is 16.0 Å². The van der Waals surface area contributed by atoms with Gasteiger partial charge < -0.3 is 19.3 Å². The molecular formula is C27H34O5. The molecule has 2 fully saturated rings. The van der Waals surface area contributed by atoms with Crippen molar-refractivity contribution in [2.24, 2.45) is 23.2 Å². The minimum Gasteiger partial charge on any atom is -0.493 e. The molecule has 4 rings (SSSR count). The fraction of sp³-hybridized carbons (Fsp3) is 0.519. The van der Waals surface area contributed by atoms with E-state index >= 15 is 0 Å². The van der Waals surface area contributed by atoms with E-state index in [4.69, 9.17) is 14.2 Å². The molecule has 172 valence electrons. The Morgan fingerprint density at radius 2 is 1.84 bits per heavy atom. The van der Waals surface area contributed by atoms with Crippen LogP contribution in [0.4, 0.5) is 0 Å². The molecule has 0 amide bonds. The van der Waals surface area contributed by atoms with Crippen molar-refractivity contribution in [3.63, 3.8) is 0 Å². The summed E-state index contributed by atoms with van der Waals surface area (Å²) in [6.07, 6.45) is 4.46. The number of methoxy groups -OCH3 is 2. The van der Waals surface area contributed by atoms with Crippen LogP contribution in [0.25, 0.3) is 0 Å². The van der Waals surface area contributed by atoms with Crippen molar-refractivity contribution in [3.8, 4) is 11.5 Å². The van der Waals surface area contributed by atoms with Crippen LogP contribution in [0.5, 0.6) is 11.5 Å². The first-order valence-corrected chi connectivity index (χ1v) is 11.6. The molecule has 1 aliphatic heterocycles. The average Bonchev–Trinajstić information content (AvgIpc) is 3.22. The molecule has 0 spiro atoms. The van der Waals surface area contributed by atoms with Crippen LogP contribution in [0.3, 0.4) is 0 Å². The van der Waals surface area contributed by atoms with Crippen molar-refractivity contribution in [1.29, 1.82) is 0 Å². The number of hydrogen-bond acceptors (Lipinski definition) is 4. The van der Waals surface area contributed by atoms with E-state index in [1.165, 1.54) is 0 Å². The Bertz CT molecular complexity index is 927. The van der Waals surface area contributed by atoms with Gasteiger partial charge in [0.25, 0.3) is 0 Å². The molecular weight excluding hydrogens is 404 g/mol. The first kappa shape index (κ1) is 22.7. The van der Waals surface area contributed by atoms with Gasteiger partial charge in [0.1, 0.15) is 0 Å². The van der Waals surface area contributed by atoms with Crippen molar-refractivity contribution in [1.82, 2.24) is 0 Å². The molecule has 1 saturated carbocycles. The molecule has 2 aliphatic rings. The van der Waals surface area contributed by atoms with Crippen LogP contribution in [0.1, 0.15) is 49.8 Å². The number of benzene rings is 2. The van der Waals surface area contributed by atoms with Crippen molar-refractivity contribution < 1.29 is 24.1 Å². The minimum atomic E-state index is -0.723. The van der Waals surface area contributed by atoms with Crippen molar-refractivity contribution in [2.75, 3.05) is 20.8 Å². The fourth-order valence-corrected chi connectivity index (χ4v) is 5.95. The van der Waals surface area contributed by atoms with Gasteiger partial charge in [-0.2, -0.15) is 0 Å². The summed E-state index contributed by atoms with van der Waals surface area (Å²) < 4.78 is 17.3. The lowest BCUT2D eigenvalue weighted by Crippen LogP contribution is -2.44. The van der Waals surface area contributed by atoms with Gasteiger partial charge >= 0.3 is 5.97 Å². The zero-order valence-corrected chi connectivity index (χ0v) is 19.3. The van der Waals surface area contributed by atoms with E-state index in [-0.39, 0.29) is 23.9 Å². The summed E-state index contributed by atoms with van der Waals surface area (Å²) in [6, 6.07) is 16.3. The zero-order chi connectivity index (χ0) is 22.7. The summed E-state index contributed by atoms with van der Waals surface area (Å²) in [5.41, 5.74) is 1.58. The SMILES string of the molecule is COc1ccc(C[C@H]2CO[C@H](c3ccccc3)[C@@H]2C2CCCCC2(C)C(=O)O)cc1OC. The number of hydrogen-bond donors (Lipinski definition) is 1. The van der Waals surface area contributed by atoms with Crippen LogP contribution >= 0.6 is 0 Å². The lowest BCUT2D eigenvalue weighted by Gasteiger charge is -2.44. The Kier molecular flexibility index (Phi) is 6.75. The van der Waals surface area contributed by atoms with Gasteiger partial charge in [0.05, 0.1) is 32.3 Å². The Morgan fingerprint density at radius 1 is 1.09 bits per heavy atom. The van der Waals surface area contributed by atoms with E-state index in [0.29, 0.717) is 18.1 Å². The van der Waals surface area contributed by atoms with Gasteiger partial charge in [0.2, 0.25) is 0 Å². The highest BCUT2D eigenvalue weighted by Gasteiger charge is 2.53. The molecule has 0 radical (unpaired) electrons. The van der Waals surface area contributed by atoms with Crippen molar-refractivity contribution in [2.45, 2.75) is 45.1 Å². The topological polar surface area (TPSA) is 65.0 Å². The molecule has 5 nitrogen and oxygen atoms in total. The Balaban J connectivity index is 1.69. The lowest BCUT2D eigenvalue weighted by atomic mass is 9.58. The summed E-state index contributed by atoms with van der Waals surface area (Å²) in [7, 11) is 3.29. The first-order chi connectivity index (χ1) is 15.5. The third-order valence-corrected chi connectivity index (χ3v) is 7.69. The number of ether oxygens (including phenoxy) is 3. The minimum absolute atomic E-state index is 0.0756. The summed E-state index contributed by atoms with van der Waals surface area (Å²) in [5, 5.41) is 10.2. The predicted octanol–water partition coefficient (Wildman–Crippen LogP) is 5.53. The second-order valence-corrected chi connectivity index (χ2v) is 9.47. The van der Waals surface area contributed by atoms with Crippen LogP contribution in [-0.4, -0.2) is 31.9 Å². The number of carboxylic acid groups (broad SMARTS) is 1. The van der Waals surface area contributed by atoms with E-state index in [1.807, 2.05) is 37.3 Å². The van der Waals surface area contributed by atoms with Gasteiger partial charge in [0.15, 0.2) is 11.5 Å². The van der Waals surface area contributed by atoms with Crippen LogP contribution in [0.2, 0.25) is 0 Å². The Morgan fingerprint density at radius 3 is 2.53 bits per heavy atom. The molecule has 2 unspecified atom stereocenters. The van der Waals surface area contributed by atoms with E-state index in [9.17, 15) is 9.90 Å². The van der Waals surface area contributed by atoms with E-state index in [1.54, 1.807) is 14.2 Å². The maximum absolute atomic E-state index is 12.4. The fourth-order valence-electron chi connectivity index (χ4n) is 5.95. The third-order valence-electron chi connectivity index (χ3n) is 7.69. The van der Waals surface area contributed by atoms with Crippen LogP contribution in [0.15, 0.2) is 48.5 Å². The van der Waals surface area contributed by atoms with E-state index in [0.717, 1.165) is 43.2 Å². The molecule has 2 aromatic rings. The van der Waals surface area contributed by atoms with Crippen molar-refractivity contribution in [3.05, 3.63) is 59.7 Å². The van der Waals surface area contributed by atoms with E-state index < -0.39 is 11.4 Å². The van der Waals surface area contributed by atoms with E-state index in [2.05, 4.69) is 18.2 Å². The van der Waals surface area contributed by atoms with Crippen molar-refractivity contribution >= 4 is 5.97 Å². The quantitative estimate of drug-likeness (QED) is 0.616. The first-order valence-electron chi connectivity index (χ1n) is 11.6. The highest BCUT2D eigenvalue weighted by molar-refractivity contribution is 5.74. The highest BCUT2D eigenvalue weighted by atomic mass is 16.5. The Labute approximate surface area is 190 Å². The second-order valence-electron chi connectivity index (χ2n) is 9.47. The molecule has 32 heavy (non-hydrogen) atoms. The molecule has 0 bridgehead atoms. The molecule has 5 atom stereocenters. The average molecular weight is 439 g/mol. The van der Waals surface area contributed by atoms with Gasteiger partial charge in [-0.1, -0.05) is 49.2 Å². The van der Waals surface area contributed by atoms with Gasteiger partial charge in [-0.3, -0.25) is 4.79 Å². The maximum Gasteiger partial charge on any atom is 0.309 e. The molecule has 1 aliphatic carbocycles. The second kappa shape index (κ2) is 9.53. The molecule has 1 N–H and O–H groups in total. The van der Waals surface area contributed by atoms with Gasteiger partial charge in [-0.05, 0) is 67.2 Å². The number of aliphatic carboxylic acids is 1. The summed E-state index contributed by atoms with van der Waals surface area (Å²) in [5.74, 6) is 1.21. The number of carbonyl (C=O) groups is 1. The summed E-state index contributed by atoms with van der Waals surface area (Å²) in [6.45, 7) is 2.58. The predicted molar refractivity (Wildman–Crippen MR) is 123 cm³/mol. The summed E-state index contributed by atoms with van der Waals surface area (Å²) in [4.78, 5) is 12.4. The normalized spacial score (nSPS) is 30.1. The number of carboxylic acids is 1. The lowest BCUT2D eigenvalue weighted by molar-refractivity contribution is -0.157. The molecule has 5 heteroatoms. The largest absolute Gasteiger partial charge is 0.493 e. The van der Waals surface area contributed by atoms with Gasteiger partial charge in [-0.15, -0.1) is 0 Å². The Hall–Kier alpha value is -2.53. The third kappa shape index (κ3) is 4.23. The van der Waals surface area contributed by atoms with Crippen LogP contribution in [0, 0.1) is 23.2 Å². The van der Waals surface area contributed by atoms with Gasteiger partial charge in [-0.25, -0.2) is 0 Å². The van der Waals surface area contributed by atoms with Crippen LogP contribution < -0.4 is 9.47 Å². The number of rotatable bonds is 7. The molecule has 1 heterocycles. The highest BCUT2D eigenvalue weighted by Crippen LogP contribution is 2.54. The van der Waals surface area contributed by atoms with Gasteiger partial charge in [0, 0.05) is 0 Å². The standard InChI is InChI=1S/C27H34O5/c1-27(26(28)29)14-8-7-11-21(27)24-20(17-32-25(24)19-9-5-4-6-10-19)15-18-12-13-22(30-2)23(16-18)31-3/h4-6,9-10,12-13,16,20-21,24-25H,7-8,11,14-15,17H2,1-3H3,(H,28,29)/t20-,21?,24-,25+,27?/m0/s1. The zero-order valence-electron chi connectivity index (χ0n) is 19.3. The smallest absolute Gasteiger partial charge is 0.309 e. The molecule has 0 aromatic heterocycles. The molecule has 2 aromatic carbocycles. The monoisotopic (exact) mass is 438 g/mol. The maximum atomic E-state index is 12.4. The molecule has 1 saturated heterocycles. The summed E-state index contributed by atoms with van der Waals surface area (Å²) >= 11 is 0.